The Morgan fingerprint density at radius 2 is 1.91 bits per heavy atom. The van der Waals surface area contributed by atoms with Crippen LogP contribution in [0.1, 0.15) is 65.0 Å². The fourth-order valence-electron chi connectivity index (χ4n) is 4.07. The molecule has 3 rings (SSSR count). The van der Waals surface area contributed by atoms with Gasteiger partial charge in [-0.3, -0.25) is 9.09 Å². The number of pyridine rings is 2. The number of nitrogens with one attached hydrogen (secondary N) is 1. The molecule has 11 heteroatoms. The van der Waals surface area contributed by atoms with E-state index in [9.17, 15) is 24.8 Å². The van der Waals surface area contributed by atoms with Crippen LogP contribution < -0.4 is 0 Å². The van der Waals surface area contributed by atoms with E-state index in [0.717, 1.165) is 5.39 Å². The van der Waals surface area contributed by atoms with Crippen molar-refractivity contribution in [3.8, 4) is 0 Å². The van der Waals surface area contributed by atoms with Gasteiger partial charge in [0, 0.05) is 23.6 Å². The maximum Gasteiger partial charge on any atom is 0.359 e. The van der Waals surface area contributed by atoms with Gasteiger partial charge in [0.1, 0.15) is 28.6 Å². The van der Waals surface area contributed by atoms with Crippen LogP contribution in [-0.4, -0.2) is 59.4 Å². The van der Waals surface area contributed by atoms with Crippen LogP contribution >= 0.6 is 19.8 Å². The number of nitrogens with zero attached hydrogens (tertiary/aromatic N) is 1. The van der Waals surface area contributed by atoms with E-state index in [1.54, 1.807) is 39.1 Å². The Morgan fingerprint density at radius 3 is 2.52 bits per heavy atom. The second-order valence-electron chi connectivity index (χ2n) is 8.85. The molecular formula is C22H33N2O7PS. The highest BCUT2D eigenvalue weighted by atomic mass is 32.1. The number of rotatable bonds is 9. The largest absolute Gasteiger partial charge is 0.388 e. The van der Waals surface area contributed by atoms with Gasteiger partial charge >= 0.3 is 7.60 Å². The second kappa shape index (κ2) is 9.79. The average molecular weight is 501 g/mol. The predicted molar refractivity (Wildman–Crippen MR) is 126 cm³/mol. The molecule has 1 aliphatic rings. The molecule has 0 amide bonds. The third-order valence-electron chi connectivity index (χ3n) is 6.77. The molecule has 6 atom stereocenters. The first-order chi connectivity index (χ1) is 15.4. The third-order valence-corrected chi connectivity index (χ3v) is 9.28. The summed E-state index contributed by atoms with van der Waals surface area (Å²) in [6.07, 6.45) is -1.91. The van der Waals surface area contributed by atoms with Gasteiger partial charge in [-0.25, -0.2) is 4.98 Å². The first-order valence-electron chi connectivity index (χ1n) is 11.2. The molecule has 1 aliphatic heterocycles. The Hall–Kier alpha value is -1.23. The predicted octanol–water partition coefficient (Wildman–Crippen LogP) is 3.72. The molecule has 2 aromatic rings. The summed E-state index contributed by atoms with van der Waals surface area (Å²) < 4.78 is 25.0. The van der Waals surface area contributed by atoms with Crippen molar-refractivity contribution in [2.45, 2.75) is 88.7 Å². The summed E-state index contributed by atoms with van der Waals surface area (Å²) in [6, 6.07) is 5.39. The summed E-state index contributed by atoms with van der Waals surface area (Å²) in [5.41, 5.74) is -0.0392. The monoisotopic (exact) mass is 500 g/mol. The molecule has 6 unspecified atom stereocenters. The molecule has 9 nitrogen and oxygen atoms in total. The number of aliphatic hydroxyl groups excluding tert-OH is 2. The molecule has 5 N–H and O–H groups in total. The molecule has 0 aliphatic carbocycles. The lowest BCUT2D eigenvalue weighted by Crippen LogP contribution is -2.41. The lowest BCUT2D eigenvalue weighted by molar-refractivity contribution is -0.0618. The number of fused-ring (bicyclic) bond motifs is 1. The van der Waals surface area contributed by atoms with Crippen LogP contribution in [0.3, 0.4) is 0 Å². The highest BCUT2D eigenvalue weighted by Gasteiger charge is 2.51. The highest BCUT2D eigenvalue weighted by Crippen LogP contribution is 2.59. The highest BCUT2D eigenvalue weighted by molar-refractivity contribution is 7.71. The zero-order chi connectivity index (χ0) is 24.6. The Labute approximate surface area is 198 Å². The first-order valence-corrected chi connectivity index (χ1v) is 13.1. The van der Waals surface area contributed by atoms with Crippen molar-refractivity contribution in [2.75, 3.05) is 0 Å². The number of aromatic amines is 1. The van der Waals surface area contributed by atoms with E-state index in [1.165, 1.54) is 6.92 Å². The molecule has 0 bridgehead atoms. The van der Waals surface area contributed by atoms with Gasteiger partial charge in [-0.05, 0) is 44.4 Å². The quantitative estimate of drug-likeness (QED) is 0.257. The fourth-order valence-corrected chi connectivity index (χ4v) is 5.80. The Kier molecular flexibility index (Phi) is 7.83. The molecule has 1 saturated heterocycles. The minimum absolute atomic E-state index is 0.0303. The molecular weight excluding hydrogens is 467 g/mol. The van der Waals surface area contributed by atoms with E-state index in [1.807, 2.05) is 6.07 Å². The topological polar surface area (TPSA) is 145 Å². The first kappa shape index (κ1) is 26.4. The van der Waals surface area contributed by atoms with Crippen molar-refractivity contribution in [1.29, 1.82) is 0 Å². The fraction of sp³-hybridized carbons (Fsp3) is 0.636. The molecule has 1 fully saturated rings. The van der Waals surface area contributed by atoms with Crippen LogP contribution in [0, 0.1) is 4.64 Å². The summed E-state index contributed by atoms with van der Waals surface area (Å²) in [5, 5.41) is 30.8. The smallest absolute Gasteiger partial charge is 0.359 e. The number of hydrogen-bond acceptors (Lipinski definition) is 8. The molecule has 33 heavy (non-hydrogen) atoms. The maximum atomic E-state index is 12.9. The van der Waals surface area contributed by atoms with Crippen molar-refractivity contribution in [3.05, 3.63) is 34.6 Å². The summed E-state index contributed by atoms with van der Waals surface area (Å²) in [7, 11) is -4.42. The number of hydrogen-bond donors (Lipinski definition) is 5. The normalized spacial score (nSPS) is 27.4. The van der Waals surface area contributed by atoms with E-state index in [-0.39, 0.29) is 12.8 Å². The van der Waals surface area contributed by atoms with Gasteiger partial charge in [0.05, 0.1) is 11.7 Å². The van der Waals surface area contributed by atoms with Crippen LogP contribution in [0.5, 0.6) is 0 Å². The van der Waals surface area contributed by atoms with Crippen molar-refractivity contribution in [3.63, 3.8) is 0 Å². The zero-order valence-corrected chi connectivity index (χ0v) is 21.0. The number of aliphatic hydroxyl groups is 3. The number of aromatic nitrogens is 2. The van der Waals surface area contributed by atoms with Gasteiger partial charge in [0.2, 0.25) is 0 Å². The molecule has 0 saturated carbocycles. The van der Waals surface area contributed by atoms with E-state index in [2.05, 4.69) is 9.97 Å². The van der Waals surface area contributed by atoms with Crippen LogP contribution in [0.15, 0.2) is 24.4 Å². The van der Waals surface area contributed by atoms with E-state index in [4.69, 9.17) is 21.5 Å². The van der Waals surface area contributed by atoms with E-state index < -0.39 is 43.0 Å². The van der Waals surface area contributed by atoms with Gasteiger partial charge in [0.25, 0.3) is 0 Å². The Balaban J connectivity index is 1.89. The Morgan fingerprint density at radius 1 is 1.24 bits per heavy atom. The molecule has 3 heterocycles. The minimum atomic E-state index is -4.42. The van der Waals surface area contributed by atoms with Crippen molar-refractivity contribution in [1.82, 2.24) is 9.97 Å². The summed E-state index contributed by atoms with van der Waals surface area (Å²) in [6.45, 7) is 6.46. The van der Waals surface area contributed by atoms with Gasteiger partial charge in [-0.15, -0.1) is 0 Å². The molecule has 0 spiro atoms. The average Bonchev–Trinajstić information content (AvgIpc) is 3.05. The maximum absolute atomic E-state index is 12.9. The summed E-state index contributed by atoms with van der Waals surface area (Å²) in [4.78, 5) is 17.8. The SMILES string of the molecule is CCC(CC)(CC1OC(c2cc3cccnc3[nH]c2=S)C(O)C1O)OP(=O)(O)C(C)(O)CC. The van der Waals surface area contributed by atoms with Gasteiger partial charge in [-0.1, -0.05) is 33.0 Å². The standard InChI is InChI=1S/C22H33N2O7PS/c1-5-21(4,27)32(28,29)31-22(6-2,7-3)12-15-16(25)17(26)18(30-15)14-11-13-9-8-10-23-19(13)24-20(14)33/h8-11,15-18,25-27H,5-7,12H2,1-4H3,(H,28,29)(H,23,24,33). The molecule has 0 radical (unpaired) electrons. The third kappa shape index (κ3) is 5.09. The van der Waals surface area contributed by atoms with Crippen molar-refractivity contribution in [2.24, 2.45) is 0 Å². The van der Waals surface area contributed by atoms with Crippen LogP contribution in [0.25, 0.3) is 11.0 Å². The van der Waals surface area contributed by atoms with Crippen LogP contribution in [-0.2, 0) is 13.8 Å². The number of ether oxygens (including phenoxy) is 1. The molecule has 2 aromatic heterocycles. The second-order valence-corrected chi connectivity index (χ2v) is 11.4. The van der Waals surface area contributed by atoms with Crippen molar-refractivity contribution >= 4 is 30.8 Å². The lowest BCUT2D eigenvalue weighted by atomic mass is 9.88. The van der Waals surface area contributed by atoms with Crippen LogP contribution in [0.4, 0.5) is 0 Å². The summed E-state index contributed by atoms with van der Waals surface area (Å²) in [5.74, 6) is 0. The number of H-pyrrole nitrogens is 1. The van der Waals surface area contributed by atoms with Gasteiger partial charge in [-0.2, -0.15) is 0 Å². The lowest BCUT2D eigenvalue weighted by Gasteiger charge is -2.39. The van der Waals surface area contributed by atoms with Gasteiger partial charge < -0.3 is 29.9 Å². The zero-order valence-electron chi connectivity index (χ0n) is 19.3. The molecule has 0 aromatic carbocycles. The summed E-state index contributed by atoms with van der Waals surface area (Å²) >= 11 is 5.44. The van der Waals surface area contributed by atoms with E-state index >= 15 is 0 Å². The minimum Gasteiger partial charge on any atom is -0.388 e. The van der Waals surface area contributed by atoms with Crippen LogP contribution in [0.2, 0.25) is 0 Å². The Bertz CT molecular complexity index is 1090. The van der Waals surface area contributed by atoms with Crippen molar-refractivity contribution < 1.29 is 34.0 Å². The van der Waals surface area contributed by atoms with E-state index in [0.29, 0.717) is 28.7 Å². The molecule has 184 valence electrons. The van der Waals surface area contributed by atoms with Gasteiger partial charge in [0.15, 0.2) is 5.34 Å².